The third-order valence-corrected chi connectivity index (χ3v) is 4.05. The molecule has 0 spiro atoms. The van der Waals surface area contributed by atoms with E-state index in [0.29, 0.717) is 0 Å². The summed E-state index contributed by atoms with van der Waals surface area (Å²) >= 11 is 7.75. The number of imidazole rings is 1. The molecule has 0 saturated carbocycles. The Hall–Kier alpha value is -0.970. The second-order valence-corrected chi connectivity index (χ2v) is 5.54. The van der Waals surface area contributed by atoms with Gasteiger partial charge in [-0.05, 0) is 25.2 Å². The van der Waals surface area contributed by atoms with E-state index in [-0.39, 0.29) is 6.04 Å². The molecule has 1 heterocycles. The van der Waals surface area contributed by atoms with Gasteiger partial charge in [0.05, 0.1) is 6.04 Å². The normalized spacial score (nSPS) is 12.6. The zero-order valence-electron chi connectivity index (χ0n) is 10.4. The molecule has 3 nitrogen and oxygen atoms in total. The van der Waals surface area contributed by atoms with Crippen LogP contribution in [0.15, 0.2) is 41.6 Å². The topological polar surface area (TPSA) is 29.9 Å². The van der Waals surface area contributed by atoms with E-state index in [2.05, 4.69) is 16.4 Å². The Bertz CT molecular complexity index is 512. The van der Waals surface area contributed by atoms with Crippen LogP contribution in [0.4, 0.5) is 0 Å². The van der Waals surface area contributed by atoms with Crippen LogP contribution in [-0.2, 0) is 7.05 Å². The van der Waals surface area contributed by atoms with E-state index in [1.54, 1.807) is 11.8 Å². The summed E-state index contributed by atoms with van der Waals surface area (Å²) < 4.78 is 2.04. The van der Waals surface area contributed by atoms with Crippen molar-refractivity contribution < 1.29 is 0 Å². The highest BCUT2D eigenvalue weighted by Gasteiger charge is 2.13. The highest BCUT2D eigenvalue weighted by molar-refractivity contribution is 7.99. The van der Waals surface area contributed by atoms with Crippen LogP contribution < -0.4 is 5.32 Å². The Morgan fingerprint density at radius 1 is 1.50 bits per heavy atom. The summed E-state index contributed by atoms with van der Waals surface area (Å²) in [6.45, 7) is 0. The van der Waals surface area contributed by atoms with Gasteiger partial charge in [0.15, 0.2) is 0 Å². The molecule has 0 aliphatic rings. The minimum atomic E-state index is 0.231. The fraction of sp³-hybridized carbons (Fsp3) is 0.308. The van der Waals surface area contributed by atoms with Gasteiger partial charge in [0.2, 0.25) is 0 Å². The lowest BCUT2D eigenvalue weighted by atomic mass is 10.3. The molecule has 0 radical (unpaired) electrons. The summed E-state index contributed by atoms with van der Waals surface area (Å²) in [7, 11) is 3.97. The molecule has 0 aliphatic heterocycles. The number of hydrogen-bond donors (Lipinski definition) is 1. The number of nitrogens with one attached hydrogen (secondary N) is 1. The first-order valence-electron chi connectivity index (χ1n) is 5.73. The maximum atomic E-state index is 5.97. The molecule has 1 unspecified atom stereocenters. The van der Waals surface area contributed by atoms with Gasteiger partial charge in [0.1, 0.15) is 5.82 Å². The number of aromatic nitrogens is 2. The van der Waals surface area contributed by atoms with Crippen molar-refractivity contribution in [2.24, 2.45) is 7.05 Å². The van der Waals surface area contributed by atoms with Gasteiger partial charge in [0, 0.05) is 35.1 Å². The van der Waals surface area contributed by atoms with Crippen LogP contribution in [0, 0.1) is 0 Å². The number of halogens is 1. The Kier molecular flexibility index (Phi) is 4.69. The van der Waals surface area contributed by atoms with Crippen molar-refractivity contribution in [2.75, 3.05) is 12.8 Å². The van der Waals surface area contributed by atoms with Crippen molar-refractivity contribution in [2.45, 2.75) is 10.9 Å². The summed E-state index contributed by atoms with van der Waals surface area (Å²) in [6.07, 6.45) is 3.79. The molecule has 18 heavy (non-hydrogen) atoms. The lowest BCUT2D eigenvalue weighted by Gasteiger charge is -2.15. The van der Waals surface area contributed by atoms with Crippen molar-refractivity contribution in [3.05, 3.63) is 47.5 Å². The summed E-state index contributed by atoms with van der Waals surface area (Å²) in [5.74, 6) is 1.97. The van der Waals surface area contributed by atoms with Gasteiger partial charge >= 0.3 is 0 Å². The van der Waals surface area contributed by atoms with E-state index in [1.807, 2.05) is 49.3 Å². The van der Waals surface area contributed by atoms with Crippen LogP contribution >= 0.6 is 23.4 Å². The highest BCUT2D eigenvalue weighted by Crippen LogP contribution is 2.25. The van der Waals surface area contributed by atoms with Gasteiger partial charge in [-0.25, -0.2) is 4.98 Å². The van der Waals surface area contributed by atoms with Crippen LogP contribution in [0.25, 0.3) is 0 Å². The van der Waals surface area contributed by atoms with Crippen molar-refractivity contribution in [3.8, 4) is 0 Å². The minimum Gasteiger partial charge on any atom is -0.337 e. The molecule has 0 fully saturated rings. The van der Waals surface area contributed by atoms with Gasteiger partial charge in [-0.2, -0.15) is 0 Å². The largest absolute Gasteiger partial charge is 0.337 e. The molecular formula is C13H16ClN3S. The smallest absolute Gasteiger partial charge is 0.126 e. The molecule has 5 heteroatoms. The molecule has 96 valence electrons. The molecule has 0 amide bonds. The molecule has 2 rings (SSSR count). The Balaban J connectivity index is 2.02. The lowest BCUT2D eigenvalue weighted by molar-refractivity contribution is 0.593. The zero-order chi connectivity index (χ0) is 13.0. The average molecular weight is 282 g/mol. The van der Waals surface area contributed by atoms with Gasteiger partial charge < -0.3 is 9.88 Å². The summed E-state index contributed by atoms with van der Waals surface area (Å²) in [5, 5.41) is 4.07. The molecular weight excluding hydrogens is 266 g/mol. The van der Waals surface area contributed by atoms with Crippen LogP contribution in [0.2, 0.25) is 5.02 Å². The number of rotatable bonds is 5. The number of thioether (sulfide) groups is 1. The second-order valence-electron chi connectivity index (χ2n) is 4.01. The van der Waals surface area contributed by atoms with Gasteiger partial charge in [0.25, 0.3) is 0 Å². The predicted molar refractivity (Wildman–Crippen MR) is 77.2 cm³/mol. The van der Waals surface area contributed by atoms with E-state index in [1.165, 1.54) is 4.90 Å². The van der Waals surface area contributed by atoms with Crippen molar-refractivity contribution in [1.82, 2.24) is 14.9 Å². The Morgan fingerprint density at radius 2 is 2.33 bits per heavy atom. The van der Waals surface area contributed by atoms with Crippen LogP contribution in [0.1, 0.15) is 11.9 Å². The SMILES string of the molecule is CNC(CSc1cccc(Cl)c1)c1nccn1C. The van der Waals surface area contributed by atoms with E-state index in [4.69, 9.17) is 11.6 Å². The quantitative estimate of drug-likeness (QED) is 0.854. The first-order chi connectivity index (χ1) is 8.70. The predicted octanol–water partition coefficient (Wildman–Crippen LogP) is 3.13. The first-order valence-corrected chi connectivity index (χ1v) is 7.10. The van der Waals surface area contributed by atoms with Crippen LogP contribution in [0.3, 0.4) is 0 Å². The van der Waals surface area contributed by atoms with Crippen molar-refractivity contribution in [1.29, 1.82) is 0 Å². The molecule has 2 aromatic rings. The summed E-state index contributed by atoms with van der Waals surface area (Å²) in [5.41, 5.74) is 0. The molecule has 1 N–H and O–H groups in total. The summed E-state index contributed by atoms with van der Waals surface area (Å²) in [4.78, 5) is 5.56. The minimum absolute atomic E-state index is 0.231. The molecule has 1 atom stereocenters. The van der Waals surface area contributed by atoms with E-state index in [0.717, 1.165) is 16.6 Å². The standard InChI is InChI=1S/C13H16ClN3S/c1-15-12(13-16-6-7-17(13)2)9-18-11-5-3-4-10(14)8-11/h3-8,12,15H,9H2,1-2H3. The molecule has 1 aromatic heterocycles. The maximum absolute atomic E-state index is 5.97. The number of benzene rings is 1. The fourth-order valence-electron chi connectivity index (χ4n) is 1.74. The monoisotopic (exact) mass is 281 g/mol. The maximum Gasteiger partial charge on any atom is 0.126 e. The van der Waals surface area contributed by atoms with Crippen LogP contribution in [0.5, 0.6) is 0 Å². The fourth-order valence-corrected chi connectivity index (χ4v) is 3.05. The Labute approximate surface area is 117 Å². The van der Waals surface area contributed by atoms with E-state index in [9.17, 15) is 0 Å². The van der Waals surface area contributed by atoms with Gasteiger partial charge in [-0.1, -0.05) is 17.7 Å². The molecule has 0 saturated heterocycles. The van der Waals surface area contributed by atoms with E-state index >= 15 is 0 Å². The van der Waals surface area contributed by atoms with Crippen molar-refractivity contribution in [3.63, 3.8) is 0 Å². The highest BCUT2D eigenvalue weighted by atomic mass is 35.5. The van der Waals surface area contributed by atoms with E-state index < -0.39 is 0 Å². The molecule has 0 bridgehead atoms. The molecule has 1 aromatic carbocycles. The third kappa shape index (κ3) is 3.28. The summed E-state index contributed by atoms with van der Waals surface area (Å²) in [6, 6.07) is 8.15. The number of aryl methyl sites for hydroxylation is 1. The number of nitrogens with zero attached hydrogens (tertiary/aromatic N) is 2. The molecule has 0 aliphatic carbocycles. The lowest BCUT2D eigenvalue weighted by Crippen LogP contribution is -2.22. The third-order valence-electron chi connectivity index (χ3n) is 2.73. The van der Waals surface area contributed by atoms with Gasteiger partial charge in [-0.15, -0.1) is 11.8 Å². The Morgan fingerprint density at radius 3 is 2.94 bits per heavy atom. The first kappa shape index (κ1) is 13.5. The van der Waals surface area contributed by atoms with Crippen LogP contribution in [-0.4, -0.2) is 22.4 Å². The van der Waals surface area contributed by atoms with Gasteiger partial charge in [-0.3, -0.25) is 0 Å². The van der Waals surface area contributed by atoms with Crippen molar-refractivity contribution >= 4 is 23.4 Å². The number of hydrogen-bond acceptors (Lipinski definition) is 3. The average Bonchev–Trinajstić information content (AvgIpc) is 2.77. The zero-order valence-corrected chi connectivity index (χ0v) is 12.0. The second kappa shape index (κ2) is 6.27.